The molecule has 0 aliphatic carbocycles. The summed E-state index contributed by atoms with van der Waals surface area (Å²) in [4.78, 5) is 4.49. The fourth-order valence-corrected chi connectivity index (χ4v) is 3.55. The van der Waals surface area contributed by atoms with Gasteiger partial charge in [0.2, 0.25) is 10.0 Å². The Balaban J connectivity index is 0.00000450. The second-order valence-electron chi connectivity index (χ2n) is 6.67. The molecule has 0 amide bonds. The molecule has 30 heavy (non-hydrogen) atoms. The van der Waals surface area contributed by atoms with Gasteiger partial charge in [-0.3, -0.25) is 4.99 Å². The lowest BCUT2D eigenvalue weighted by molar-refractivity contribution is 0.414. The van der Waals surface area contributed by atoms with Crippen LogP contribution in [0.15, 0.2) is 58.4 Å². The minimum absolute atomic E-state index is 0. The van der Waals surface area contributed by atoms with Crippen LogP contribution >= 0.6 is 24.0 Å². The van der Waals surface area contributed by atoms with E-state index in [1.54, 1.807) is 38.4 Å². The fourth-order valence-electron chi connectivity index (χ4n) is 2.82. The molecule has 2 aromatic carbocycles. The molecule has 2 rings (SSSR count). The lowest BCUT2D eigenvalue weighted by Crippen LogP contribution is -2.37. The maximum atomic E-state index is 11.8. The molecule has 0 aliphatic heterocycles. The Morgan fingerprint density at radius 2 is 1.70 bits per heavy atom. The van der Waals surface area contributed by atoms with Crippen LogP contribution in [0.1, 0.15) is 30.4 Å². The molecular formula is C21H31IN4O3S. The summed E-state index contributed by atoms with van der Waals surface area (Å²) in [7, 11) is 1.38. The lowest BCUT2D eigenvalue weighted by atomic mass is 9.98. The fraction of sp³-hybridized carbons (Fsp3) is 0.381. The summed E-state index contributed by atoms with van der Waals surface area (Å²) < 4.78 is 31.0. The van der Waals surface area contributed by atoms with Crippen molar-refractivity contribution in [2.75, 3.05) is 27.7 Å². The molecule has 1 atom stereocenters. The highest BCUT2D eigenvalue weighted by molar-refractivity contribution is 14.0. The third-order valence-corrected chi connectivity index (χ3v) is 6.17. The predicted octanol–water partition coefficient (Wildman–Crippen LogP) is 3.08. The number of methoxy groups -OCH3 is 1. The van der Waals surface area contributed by atoms with Gasteiger partial charge in [0.25, 0.3) is 0 Å². The molecule has 0 radical (unpaired) electrons. The molecule has 9 heteroatoms. The third kappa shape index (κ3) is 7.77. The molecule has 0 fully saturated rings. The molecule has 166 valence electrons. The number of hydrogen-bond donors (Lipinski definition) is 3. The van der Waals surface area contributed by atoms with E-state index in [2.05, 4.69) is 39.4 Å². The molecule has 0 saturated heterocycles. The number of nitrogens with zero attached hydrogens (tertiary/aromatic N) is 1. The highest BCUT2D eigenvalue weighted by Crippen LogP contribution is 2.21. The number of benzene rings is 2. The topological polar surface area (TPSA) is 91.8 Å². The van der Waals surface area contributed by atoms with E-state index in [4.69, 9.17) is 4.74 Å². The molecule has 0 bridgehead atoms. The minimum Gasteiger partial charge on any atom is -0.497 e. The van der Waals surface area contributed by atoms with E-state index in [0.717, 1.165) is 24.3 Å². The normalized spacial score (nSPS) is 12.6. The molecular weight excluding hydrogens is 515 g/mol. The van der Waals surface area contributed by atoms with E-state index in [1.165, 1.54) is 12.6 Å². The summed E-state index contributed by atoms with van der Waals surface area (Å²) in [6.45, 7) is 3.53. The van der Waals surface area contributed by atoms with Gasteiger partial charge in [-0.25, -0.2) is 13.1 Å². The van der Waals surface area contributed by atoms with Gasteiger partial charge in [0.1, 0.15) is 5.75 Å². The van der Waals surface area contributed by atoms with E-state index in [9.17, 15) is 8.42 Å². The molecule has 0 heterocycles. The number of guanidine groups is 1. The van der Waals surface area contributed by atoms with Crippen LogP contribution in [0.4, 0.5) is 0 Å². The van der Waals surface area contributed by atoms with Crippen molar-refractivity contribution in [3.8, 4) is 5.75 Å². The van der Waals surface area contributed by atoms with E-state index in [0.29, 0.717) is 18.4 Å². The summed E-state index contributed by atoms with van der Waals surface area (Å²) in [6.07, 6.45) is 0.962. The summed E-state index contributed by atoms with van der Waals surface area (Å²) in [6, 6.07) is 14.9. The van der Waals surface area contributed by atoms with Crippen LogP contribution < -0.4 is 20.1 Å². The third-order valence-electron chi connectivity index (χ3n) is 4.74. The first-order valence-electron chi connectivity index (χ1n) is 9.50. The average molecular weight is 546 g/mol. The number of ether oxygens (including phenoxy) is 1. The zero-order chi connectivity index (χ0) is 21.3. The van der Waals surface area contributed by atoms with E-state index < -0.39 is 10.0 Å². The van der Waals surface area contributed by atoms with Gasteiger partial charge in [-0.2, -0.15) is 0 Å². The van der Waals surface area contributed by atoms with Gasteiger partial charge in [-0.15, -0.1) is 24.0 Å². The first-order valence-corrected chi connectivity index (χ1v) is 11.0. The molecule has 0 aromatic heterocycles. The van der Waals surface area contributed by atoms with Crippen molar-refractivity contribution in [2.24, 2.45) is 4.99 Å². The first kappa shape index (κ1) is 26.2. The van der Waals surface area contributed by atoms with Crippen LogP contribution in [0.5, 0.6) is 5.75 Å². The van der Waals surface area contributed by atoms with Gasteiger partial charge in [0, 0.05) is 20.1 Å². The number of hydrogen-bond acceptors (Lipinski definition) is 4. The Labute approximate surface area is 196 Å². The quantitative estimate of drug-likeness (QED) is 0.256. The highest BCUT2D eigenvalue weighted by Gasteiger charge is 2.10. The molecule has 1 unspecified atom stereocenters. The van der Waals surface area contributed by atoms with Crippen molar-refractivity contribution in [1.82, 2.24) is 15.4 Å². The van der Waals surface area contributed by atoms with Crippen molar-refractivity contribution in [2.45, 2.75) is 30.7 Å². The van der Waals surface area contributed by atoms with Gasteiger partial charge in [-0.05, 0) is 54.8 Å². The van der Waals surface area contributed by atoms with Crippen LogP contribution in [0, 0.1) is 0 Å². The highest BCUT2D eigenvalue weighted by atomic mass is 127. The summed E-state index contributed by atoms with van der Waals surface area (Å²) in [5, 5.41) is 6.56. The average Bonchev–Trinajstić information content (AvgIpc) is 2.76. The Morgan fingerprint density at radius 3 is 2.23 bits per heavy atom. The Bertz CT molecular complexity index is 901. The minimum atomic E-state index is -3.41. The summed E-state index contributed by atoms with van der Waals surface area (Å²) in [5.74, 6) is 1.98. The van der Waals surface area contributed by atoms with Crippen LogP contribution in [0.3, 0.4) is 0 Å². The molecule has 7 nitrogen and oxygen atoms in total. The van der Waals surface area contributed by atoms with Gasteiger partial charge >= 0.3 is 0 Å². The van der Waals surface area contributed by atoms with E-state index in [1.807, 2.05) is 12.1 Å². The molecule has 2 aromatic rings. The van der Waals surface area contributed by atoms with Crippen molar-refractivity contribution in [1.29, 1.82) is 0 Å². The number of rotatable bonds is 9. The standard InChI is InChI=1S/C21H30N4O3S.HI/c1-16(18-7-9-19(28-4)10-8-18)13-14-24-21(22-2)25-15-17-5-11-20(12-6-17)29(26,27)23-3;/h5-12,16,23H,13-15H2,1-4H3,(H2,22,24,25);1H. The molecule has 0 aliphatic rings. The SMILES string of the molecule is CN=C(NCCC(C)c1ccc(OC)cc1)NCc1ccc(S(=O)(=O)NC)cc1.I. The zero-order valence-corrected chi connectivity index (χ0v) is 21.0. The van der Waals surface area contributed by atoms with Crippen molar-refractivity contribution in [3.63, 3.8) is 0 Å². The Kier molecular flexibility index (Phi) is 11.1. The van der Waals surface area contributed by atoms with Crippen LogP contribution in [-0.2, 0) is 16.6 Å². The van der Waals surface area contributed by atoms with Crippen LogP contribution in [0.2, 0.25) is 0 Å². The summed E-state index contributed by atoms with van der Waals surface area (Å²) >= 11 is 0. The number of sulfonamides is 1. The molecule has 0 spiro atoms. The Hall–Kier alpha value is -1.85. The molecule has 0 saturated carbocycles. The number of nitrogens with one attached hydrogen (secondary N) is 3. The van der Waals surface area contributed by atoms with Crippen LogP contribution in [-0.4, -0.2) is 42.1 Å². The second kappa shape index (κ2) is 12.8. The molecule has 3 N–H and O–H groups in total. The van der Waals surface area contributed by atoms with Crippen LogP contribution in [0.25, 0.3) is 0 Å². The van der Waals surface area contributed by atoms with Crippen molar-refractivity contribution in [3.05, 3.63) is 59.7 Å². The number of aliphatic imine (C=N–C) groups is 1. The van der Waals surface area contributed by atoms with Gasteiger partial charge in [0.05, 0.1) is 12.0 Å². The van der Waals surface area contributed by atoms with Crippen molar-refractivity contribution < 1.29 is 13.2 Å². The van der Waals surface area contributed by atoms with Gasteiger partial charge in [0.15, 0.2) is 5.96 Å². The maximum Gasteiger partial charge on any atom is 0.240 e. The number of halogens is 1. The van der Waals surface area contributed by atoms with Gasteiger partial charge in [-0.1, -0.05) is 31.2 Å². The smallest absolute Gasteiger partial charge is 0.240 e. The van der Waals surface area contributed by atoms with E-state index >= 15 is 0 Å². The van der Waals surface area contributed by atoms with Crippen molar-refractivity contribution >= 4 is 40.0 Å². The zero-order valence-electron chi connectivity index (χ0n) is 17.8. The van der Waals surface area contributed by atoms with Gasteiger partial charge < -0.3 is 15.4 Å². The van der Waals surface area contributed by atoms with E-state index in [-0.39, 0.29) is 28.9 Å². The monoisotopic (exact) mass is 546 g/mol. The Morgan fingerprint density at radius 1 is 1.07 bits per heavy atom. The maximum absolute atomic E-state index is 11.8. The lowest BCUT2D eigenvalue weighted by Gasteiger charge is -2.15. The summed E-state index contributed by atoms with van der Waals surface area (Å²) in [5.41, 5.74) is 2.24. The largest absolute Gasteiger partial charge is 0.497 e. The first-order chi connectivity index (χ1) is 13.9. The predicted molar refractivity (Wildman–Crippen MR) is 132 cm³/mol. The second-order valence-corrected chi connectivity index (χ2v) is 8.55.